The Bertz CT molecular complexity index is 606. The van der Waals surface area contributed by atoms with Crippen LogP contribution in [0.4, 0.5) is 4.39 Å². The molecule has 0 saturated carbocycles. The predicted molar refractivity (Wildman–Crippen MR) is 77.3 cm³/mol. The van der Waals surface area contributed by atoms with Crippen molar-refractivity contribution in [1.82, 2.24) is 0 Å². The molecule has 2 aromatic rings. The standard InChI is InChI=1S/C17H19FO2/c1-11-4-5-12(2)14(8-11)10-20-17-7-6-15(18)9-16(17)13(3)19/h4-9,13,19H,10H2,1-3H3/t13-/m1/s1. The summed E-state index contributed by atoms with van der Waals surface area (Å²) in [6.07, 6.45) is -0.765. The van der Waals surface area contributed by atoms with E-state index in [1.165, 1.54) is 17.7 Å². The van der Waals surface area contributed by atoms with Crippen LogP contribution in [0.1, 0.15) is 35.3 Å². The van der Waals surface area contributed by atoms with E-state index in [1.807, 2.05) is 19.9 Å². The van der Waals surface area contributed by atoms with Gasteiger partial charge in [-0.15, -0.1) is 0 Å². The molecular weight excluding hydrogens is 255 g/mol. The van der Waals surface area contributed by atoms with Gasteiger partial charge in [0.2, 0.25) is 0 Å². The summed E-state index contributed by atoms with van der Waals surface area (Å²) in [5, 5.41) is 9.68. The lowest BCUT2D eigenvalue weighted by molar-refractivity contribution is 0.189. The molecule has 2 rings (SSSR count). The third-order valence-corrected chi connectivity index (χ3v) is 3.31. The second kappa shape index (κ2) is 6.06. The molecule has 0 amide bonds. The van der Waals surface area contributed by atoms with Crippen molar-refractivity contribution in [3.8, 4) is 5.75 Å². The number of halogens is 1. The number of hydrogen-bond acceptors (Lipinski definition) is 2. The minimum absolute atomic E-state index is 0.375. The summed E-state index contributed by atoms with van der Waals surface area (Å²) in [6.45, 7) is 6.05. The van der Waals surface area contributed by atoms with Gasteiger partial charge < -0.3 is 9.84 Å². The first-order valence-electron chi connectivity index (χ1n) is 6.64. The van der Waals surface area contributed by atoms with Gasteiger partial charge in [0.25, 0.3) is 0 Å². The third kappa shape index (κ3) is 3.36. The quantitative estimate of drug-likeness (QED) is 0.910. The first-order chi connectivity index (χ1) is 9.47. The molecule has 1 atom stereocenters. The van der Waals surface area contributed by atoms with E-state index in [0.717, 1.165) is 11.1 Å². The van der Waals surface area contributed by atoms with Crippen molar-refractivity contribution in [3.05, 3.63) is 64.5 Å². The molecule has 0 aliphatic heterocycles. The van der Waals surface area contributed by atoms with Gasteiger partial charge in [-0.05, 0) is 50.1 Å². The number of rotatable bonds is 4. The van der Waals surface area contributed by atoms with E-state index in [4.69, 9.17) is 4.74 Å². The minimum Gasteiger partial charge on any atom is -0.489 e. The fourth-order valence-electron chi connectivity index (χ4n) is 2.09. The first-order valence-corrected chi connectivity index (χ1v) is 6.64. The second-order valence-electron chi connectivity index (χ2n) is 5.08. The lowest BCUT2D eigenvalue weighted by Gasteiger charge is -2.15. The van der Waals surface area contributed by atoms with Crippen LogP contribution in [0, 0.1) is 19.7 Å². The van der Waals surface area contributed by atoms with Crippen molar-refractivity contribution in [2.24, 2.45) is 0 Å². The zero-order valence-corrected chi connectivity index (χ0v) is 12.0. The molecule has 0 aliphatic carbocycles. The van der Waals surface area contributed by atoms with Gasteiger partial charge in [-0.3, -0.25) is 0 Å². The Kier molecular flexibility index (Phi) is 4.40. The van der Waals surface area contributed by atoms with Crippen molar-refractivity contribution >= 4 is 0 Å². The summed E-state index contributed by atoms with van der Waals surface area (Å²) >= 11 is 0. The van der Waals surface area contributed by atoms with Crippen LogP contribution in [0.15, 0.2) is 36.4 Å². The maximum Gasteiger partial charge on any atom is 0.125 e. The average molecular weight is 274 g/mol. The topological polar surface area (TPSA) is 29.5 Å². The molecule has 2 nitrogen and oxygen atoms in total. The molecule has 0 unspecified atom stereocenters. The monoisotopic (exact) mass is 274 g/mol. The molecular formula is C17H19FO2. The predicted octanol–water partition coefficient (Wildman–Crippen LogP) is 4.07. The van der Waals surface area contributed by atoms with Crippen LogP contribution in [0.3, 0.4) is 0 Å². The molecule has 20 heavy (non-hydrogen) atoms. The molecule has 0 aromatic heterocycles. The van der Waals surface area contributed by atoms with Crippen molar-refractivity contribution in [2.45, 2.75) is 33.5 Å². The summed E-state index contributed by atoms with van der Waals surface area (Å²) in [5.41, 5.74) is 3.88. The lowest BCUT2D eigenvalue weighted by Crippen LogP contribution is -2.03. The highest BCUT2D eigenvalue weighted by molar-refractivity contribution is 5.36. The molecule has 0 radical (unpaired) electrons. The summed E-state index contributed by atoms with van der Waals surface area (Å²) in [7, 11) is 0. The highest BCUT2D eigenvalue weighted by Crippen LogP contribution is 2.27. The highest BCUT2D eigenvalue weighted by Gasteiger charge is 2.11. The van der Waals surface area contributed by atoms with Gasteiger partial charge >= 0.3 is 0 Å². The van der Waals surface area contributed by atoms with Gasteiger partial charge in [-0.25, -0.2) is 4.39 Å². The van der Waals surface area contributed by atoms with Gasteiger partial charge in [0.1, 0.15) is 18.2 Å². The van der Waals surface area contributed by atoms with Crippen molar-refractivity contribution in [1.29, 1.82) is 0 Å². The number of benzene rings is 2. The van der Waals surface area contributed by atoms with E-state index < -0.39 is 6.10 Å². The number of aliphatic hydroxyl groups excluding tert-OH is 1. The van der Waals surface area contributed by atoms with E-state index in [9.17, 15) is 9.50 Å². The molecule has 0 aliphatic rings. The Hall–Kier alpha value is -1.87. The summed E-state index contributed by atoms with van der Waals surface area (Å²) < 4.78 is 19.0. The van der Waals surface area contributed by atoms with Gasteiger partial charge in [0, 0.05) is 5.56 Å². The summed E-state index contributed by atoms with van der Waals surface area (Å²) in [4.78, 5) is 0. The number of aliphatic hydroxyl groups is 1. The van der Waals surface area contributed by atoms with E-state index in [-0.39, 0.29) is 5.82 Å². The van der Waals surface area contributed by atoms with E-state index in [1.54, 1.807) is 13.0 Å². The Morgan fingerprint density at radius 1 is 1.15 bits per heavy atom. The molecule has 0 fully saturated rings. The molecule has 1 N–H and O–H groups in total. The van der Waals surface area contributed by atoms with Crippen LogP contribution in [0.2, 0.25) is 0 Å². The highest BCUT2D eigenvalue weighted by atomic mass is 19.1. The zero-order chi connectivity index (χ0) is 14.7. The van der Waals surface area contributed by atoms with Crippen LogP contribution in [-0.2, 0) is 6.61 Å². The van der Waals surface area contributed by atoms with Crippen molar-refractivity contribution in [3.63, 3.8) is 0 Å². The smallest absolute Gasteiger partial charge is 0.125 e. The maximum atomic E-state index is 13.2. The molecule has 0 heterocycles. The lowest BCUT2D eigenvalue weighted by atomic mass is 10.1. The SMILES string of the molecule is Cc1ccc(C)c(COc2ccc(F)cc2[C@@H](C)O)c1. The minimum atomic E-state index is -0.765. The number of hydrogen-bond donors (Lipinski definition) is 1. The number of aryl methyl sites for hydroxylation is 2. The van der Waals surface area contributed by atoms with E-state index in [0.29, 0.717) is 17.9 Å². The second-order valence-corrected chi connectivity index (χ2v) is 5.08. The van der Waals surface area contributed by atoms with Gasteiger partial charge in [-0.2, -0.15) is 0 Å². The summed E-state index contributed by atoms with van der Waals surface area (Å²) in [5.74, 6) is 0.141. The fraction of sp³-hybridized carbons (Fsp3) is 0.294. The van der Waals surface area contributed by atoms with E-state index >= 15 is 0 Å². The maximum absolute atomic E-state index is 13.2. The molecule has 0 spiro atoms. The molecule has 0 bridgehead atoms. The van der Waals surface area contributed by atoms with Crippen LogP contribution >= 0.6 is 0 Å². The van der Waals surface area contributed by atoms with E-state index in [2.05, 4.69) is 12.1 Å². The number of ether oxygens (including phenoxy) is 1. The normalized spacial score (nSPS) is 12.2. The third-order valence-electron chi connectivity index (χ3n) is 3.31. The van der Waals surface area contributed by atoms with Crippen LogP contribution in [0.5, 0.6) is 5.75 Å². The summed E-state index contributed by atoms with van der Waals surface area (Å²) in [6, 6.07) is 10.4. The van der Waals surface area contributed by atoms with Crippen molar-refractivity contribution in [2.75, 3.05) is 0 Å². The van der Waals surface area contributed by atoms with Gasteiger partial charge in [0.15, 0.2) is 0 Å². The van der Waals surface area contributed by atoms with Crippen LogP contribution < -0.4 is 4.74 Å². The fourth-order valence-corrected chi connectivity index (χ4v) is 2.09. The molecule has 2 aromatic carbocycles. The Labute approximate surface area is 118 Å². The molecule has 0 saturated heterocycles. The van der Waals surface area contributed by atoms with Crippen LogP contribution in [0.25, 0.3) is 0 Å². The molecule has 106 valence electrons. The Morgan fingerprint density at radius 2 is 1.90 bits per heavy atom. The van der Waals surface area contributed by atoms with Gasteiger partial charge in [-0.1, -0.05) is 23.8 Å². The van der Waals surface area contributed by atoms with Gasteiger partial charge in [0.05, 0.1) is 6.10 Å². The average Bonchev–Trinajstić information content (AvgIpc) is 2.40. The Morgan fingerprint density at radius 3 is 2.60 bits per heavy atom. The first kappa shape index (κ1) is 14.5. The van der Waals surface area contributed by atoms with Crippen molar-refractivity contribution < 1.29 is 14.2 Å². The Balaban J connectivity index is 2.20. The largest absolute Gasteiger partial charge is 0.489 e. The van der Waals surface area contributed by atoms with Crippen LogP contribution in [-0.4, -0.2) is 5.11 Å². The molecule has 3 heteroatoms. The zero-order valence-electron chi connectivity index (χ0n) is 12.0.